The van der Waals surface area contributed by atoms with Gasteiger partial charge in [0, 0.05) is 18.4 Å². The summed E-state index contributed by atoms with van der Waals surface area (Å²) in [5.74, 6) is 0.0105. The molecular formula is C19H21N3O. The summed E-state index contributed by atoms with van der Waals surface area (Å²) in [6.07, 6.45) is 5.96. The van der Waals surface area contributed by atoms with Crippen LogP contribution in [0.25, 0.3) is 10.8 Å². The van der Waals surface area contributed by atoms with Crippen molar-refractivity contribution in [2.75, 3.05) is 0 Å². The molecule has 0 unspecified atom stereocenters. The van der Waals surface area contributed by atoms with E-state index in [0.29, 0.717) is 0 Å². The minimum absolute atomic E-state index is 0.0105. The maximum Gasteiger partial charge on any atom is 0.243 e. The van der Waals surface area contributed by atoms with E-state index in [4.69, 9.17) is 0 Å². The Hall–Kier alpha value is -2.62. The molecule has 0 aliphatic carbocycles. The number of carbonyl (C=O) groups is 1. The Morgan fingerprint density at radius 2 is 1.96 bits per heavy atom. The van der Waals surface area contributed by atoms with E-state index in [1.54, 1.807) is 23.3 Å². The van der Waals surface area contributed by atoms with Crippen LogP contribution >= 0.6 is 0 Å². The largest absolute Gasteiger partial charge is 0.352 e. The first-order valence-corrected chi connectivity index (χ1v) is 7.89. The van der Waals surface area contributed by atoms with E-state index in [0.717, 1.165) is 6.42 Å². The number of amides is 1. The van der Waals surface area contributed by atoms with Gasteiger partial charge in [0.1, 0.15) is 6.04 Å². The number of nitrogens with zero attached hydrogens (tertiary/aromatic N) is 2. The van der Waals surface area contributed by atoms with Crippen LogP contribution in [0.5, 0.6) is 0 Å². The first kappa shape index (κ1) is 15.3. The van der Waals surface area contributed by atoms with Crippen LogP contribution in [0, 0.1) is 0 Å². The van der Waals surface area contributed by atoms with Crippen molar-refractivity contribution in [1.29, 1.82) is 0 Å². The van der Waals surface area contributed by atoms with Crippen LogP contribution < -0.4 is 5.32 Å². The number of aromatic nitrogens is 2. The Bertz CT molecular complexity index is 795. The lowest BCUT2D eigenvalue weighted by Gasteiger charge is -2.18. The topological polar surface area (TPSA) is 46.9 Å². The molecule has 0 saturated heterocycles. The lowest BCUT2D eigenvalue weighted by molar-refractivity contribution is -0.124. The molecule has 1 N–H and O–H groups in total. The van der Waals surface area contributed by atoms with E-state index < -0.39 is 0 Å². The van der Waals surface area contributed by atoms with E-state index in [1.807, 2.05) is 26.0 Å². The van der Waals surface area contributed by atoms with Crippen molar-refractivity contribution in [3.05, 3.63) is 66.7 Å². The number of hydrogen-bond acceptors (Lipinski definition) is 2. The van der Waals surface area contributed by atoms with Gasteiger partial charge in [-0.15, -0.1) is 0 Å². The molecule has 1 amide bonds. The minimum Gasteiger partial charge on any atom is -0.352 e. The Morgan fingerprint density at radius 1 is 1.17 bits per heavy atom. The van der Waals surface area contributed by atoms with Crippen molar-refractivity contribution in [1.82, 2.24) is 14.9 Å². The molecule has 1 aromatic heterocycles. The summed E-state index contributed by atoms with van der Waals surface area (Å²) in [5.41, 5.74) is 1.23. The van der Waals surface area contributed by atoms with Crippen LogP contribution in [-0.2, 0) is 11.2 Å². The number of fused-ring (bicyclic) bond motifs is 1. The van der Waals surface area contributed by atoms with E-state index in [2.05, 4.69) is 40.6 Å². The fourth-order valence-electron chi connectivity index (χ4n) is 2.77. The summed E-state index contributed by atoms with van der Waals surface area (Å²) in [6, 6.07) is 14.6. The third kappa shape index (κ3) is 3.59. The Balaban J connectivity index is 1.63. The molecule has 0 fully saturated rings. The van der Waals surface area contributed by atoms with Gasteiger partial charge in [-0.2, -0.15) is 0 Å². The smallest absolute Gasteiger partial charge is 0.243 e. The molecule has 0 spiro atoms. The lowest BCUT2D eigenvalue weighted by Crippen LogP contribution is -2.38. The van der Waals surface area contributed by atoms with Gasteiger partial charge in [-0.25, -0.2) is 4.98 Å². The van der Waals surface area contributed by atoms with Gasteiger partial charge in [0.2, 0.25) is 5.91 Å². The van der Waals surface area contributed by atoms with Gasteiger partial charge in [-0.3, -0.25) is 4.79 Å². The summed E-state index contributed by atoms with van der Waals surface area (Å²) < 4.78 is 1.80. The van der Waals surface area contributed by atoms with Crippen molar-refractivity contribution in [3.8, 4) is 0 Å². The normalized spacial score (nSPS) is 13.7. The maximum absolute atomic E-state index is 12.3. The highest BCUT2D eigenvalue weighted by Crippen LogP contribution is 2.17. The number of rotatable bonds is 5. The van der Waals surface area contributed by atoms with Gasteiger partial charge in [0.25, 0.3) is 0 Å². The van der Waals surface area contributed by atoms with Gasteiger partial charge in [0.15, 0.2) is 0 Å². The summed E-state index contributed by atoms with van der Waals surface area (Å²) in [5, 5.41) is 5.55. The predicted octanol–water partition coefficient (Wildman–Crippen LogP) is 3.34. The van der Waals surface area contributed by atoms with E-state index in [9.17, 15) is 4.79 Å². The first-order valence-electron chi connectivity index (χ1n) is 7.89. The molecule has 4 heteroatoms. The SMILES string of the molecule is C[C@H](Cc1ccc2ccccc2c1)NC(=O)[C@H](C)n1ccnc1. The van der Waals surface area contributed by atoms with Gasteiger partial charge >= 0.3 is 0 Å². The molecule has 23 heavy (non-hydrogen) atoms. The lowest BCUT2D eigenvalue weighted by atomic mass is 10.0. The highest BCUT2D eigenvalue weighted by Gasteiger charge is 2.16. The molecule has 0 aliphatic rings. The van der Waals surface area contributed by atoms with E-state index in [-0.39, 0.29) is 18.0 Å². The fourth-order valence-corrected chi connectivity index (χ4v) is 2.77. The fraction of sp³-hybridized carbons (Fsp3) is 0.263. The Labute approximate surface area is 136 Å². The summed E-state index contributed by atoms with van der Waals surface area (Å²) in [6.45, 7) is 3.91. The molecule has 118 valence electrons. The summed E-state index contributed by atoms with van der Waals surface area (Å²) in [7, 11) is 0. The van der Waals surface area contributed by atoms with Crippen molar-refractivity contribution in [2.24, 2.45) is 0 Å². The van der Waals surface area contributed by atoms with Gasteiger partial charge < -0.3 is 9.88 Å². The second kappa shape index (κ2) is 6.65. The second-order valence-corrected chi connectivity index (χ2v) is 5.98. The van der Waals surface area contributed by atoms with Crippen LogP contribution in [0.2, 0.25) is 0 Å². The monoisotopic (exact) mass is 307 g/mol. The highest BCUT2D eigenvalue weighted by atomic mass is 16.2. The number of imidazole rings is 1. The van der Waals surface area contributed by atoms with Crippen LogP contribution in [0.1, 0.15) is 25.5 Å². The van der Waals surface area contributed by atoms with Crippen molar-refractivity contribution in [3.63, 3.8) is 0 Å². The molecule has 3 aromatic rings. The molecular weight excluding hydrogens is 286 g/mol. The van der Waals surface area contributed by atoms with Crippen molar-refractivity contribution in [2.45, 2.75) is 32.4 Å². The van der Waals surface area contributed by atoms with Crippen LogP contribution in [0.15, 0.2) is 61.2 Å². The van der Waals surface area contributed by atoms with Crippen molar-refractivity contribution >= 4 is 16.7 Å². The summed E-state index contributed by atoms with van der Waals surface area (Å²) in [4.78, 5) is 16.3. The zero-order valence-corrected chi connectivity index (χ0v) is 13.4. The summed E-state index contributed by atoms with van der Waals surface area (Å²) >= 11 is 0. The van der Waals surface area contributed by atoms with Crippen LogP contribution in [0.3, 0.4) is 0 Å². The molecule has 0 bridgehead atoms. The predicted molar refractivity (Wildman–Crippen MR) is 92.2 cm³/mol. The Kier molecular flexibility index (Phi) is 4.42. The average Bonchev–Trinajstić information content (AvgIpc) is 3.08. The standard InChI is InChI=1S/C19H21N3O/c1-14(21-19(23)15(2)22-10-9-20-13-22)11-16-7-8-17-5-3-4-6-18(17)12-16/h3-10,12-15H,11H2,1-2H3,(H,21,23)/t14-,15+/m1/s1. The molecule has 1 heterocycles. The van der Waals surface area contributed by atoms with Crippen LogP contribution in [0.4, 0.5) is 0 Å². The van der Waals surface area contributed by atoms with Gasteiger partial charge in [0.05, 0.1) is 6.33 Å². The number of carbonyl (C=O) groups excluding carboxylic acids is 1. The molecule has 2 aromatic carbocycles. The maximum atomic E-state index is 12.3. The van der Waals surface area contributed by atoms with E-state index >= 15 is 0 Å². The molecule has 2 atom stereocenters. The molecule has 4 nitrogen and oxygen atoms in total. The van der Waals surface area contributed by atoms with Gasteiger partial charge in [-0.05, 0) is 36.6 Å². The van der Waals surface area contributed by atoms with Gasteiger partial charge in [-0.1, -0.05) is 42.5 Å². The van der Waals surface area contributed by atoms with E-state index in [1.165, 1.54) is 16.3 Å². The van der Waals surface area contributed by atoms with Crippen LogP contribution in [-0.4, -0.2) is 21.5 Å². The molecule has 0 saturated carbocycles. The zero-order chi connectivity index (χ0) is 16.2. The molecule has 3 rings (SSSR count). The minimum atomic E-state index is -0.253. The Morgan fingerprint density at radius 3 is 2.70 bits per heavy atom. The number of hydrogen-bond donors (Lipinski definition) is 1. The third-order valence-corrected chi connectivity index (χ3v) is 4.10. The number of nitrogens with one attached hydrogen (secondary N) is 1. The third-order valence-electron chi connectivity index (χ3n) is 4.10. The van der Waals surface area contributed by atoms with Crippen molar-refractivity contribution < 1.29 is 4.79 Å². The second-order valence-electron chi connectivity index (χ2n) is 5.98. The highest BCUT2D eigenvalue weighted by molar-refractivity contribution is 5.83. The number of benzene rings is 2. The quantitative estimate of drug-likeness (QED) is 0.786. The molecule has 0 aliphatic heterocycles. The molecule has 0 radical (unpaired) electrons. The zero-order valence-electron chi connectivity index (χ0n) is 13.4. The first-order chi connectivity index (χ1) is 11.1. The average molecular weight is 307 g/mol.